The molecule has 0 heterocycles. The van der Waals surface area contributed by atoms with Gasteiger partial charge in [0.2, 0.25) is 0 Å². The van der Waals surface area contributed by atoms with Gasteiger partial charge in [-0.2, -0.15) is 18.4 Å². The van der Waals surface area contributed by atoms with E-state index in [1.54, 1.807) is 11.0 Å². The average molecular weight is 284 g/mol. The third kappa shape index (κ3) is 2.88. The first-order valence-corrected chi connectivity index (χ1v) is 6.46. The van der Waals surface area contributed by atoms with Crippen LogP contribution in [0.5, 0.6) is 0 Å². The van der Waals surface area contributed by atoms with Crippen molar-refractivity contribution in [2.24, 2.45) is 0 Å². The highest BCUT2D eigenvalue weighted by Crippen LogP contribution is 2.36. The van der Waals surface area contributed by atoms with Crippen LogP contribution < -0.4 is 4.90 Å². The van der Waals surface area contributed by atoms with E-state index >= 15 is 0 Å². The van der Waals surface area contributed by atoms with Gasteiger partial charge in [-0.25, -0.2) is 0 Å². The molecule has 3 nitrogen and oxygen atoms in total. The van der Waals surface area contributed by atoms with Crippen molar-refractivity contribution in [2.45, 2.75) is 31.5 Å². The molecular formula is C14H15F3N2O. The molecule has 20 heavy (non-hydrogen) atoms. The van der Waals surface area contributed by atoms with E-state index in [2.05, 4.69) is 0 Å². The molecule has 0 radical (unpaired) electrons. The number of anilines is 1. The lowest BCUT2D eigenvalue weighted by Gasteiger charge is -2.39. The van der Waals surface area contributed by atoms with Crippen molar-refractivity contribution in [3.63, 3.8) is 0 Å². The van der Waals surface area contributed by atoms with Crippen LogP contribution in [0.2, 0.25) is 0 Å². The van der Waals surface area contributed by atoms with Crippen molar-refractivity contribution in [3.8, 4) is 6.07 Å². The van der Waals surface area contributed by atoms with E-state index in [1.807, 2.05) is 0 Å². The summed E-state index contributed by atoms with van der Waals surface area (Å²) in [5.41, 5.74) is -0.881. The Morgan fingerprint density at radius 2 is 2.05 bits per heavy atom. The fourth-order valence-electron chi connectivity index (χ4n) is 2.37. The highest BCUT2D eigenvalue weighted by Gasteiger charge is 2.35. The van der Waals surface area contributed by atoms with Gasteiger partial charge in [0.1, 0.15) is 0 Å². The van der Waals surface area contributed by atoms with Gasteiger partial charge in [-0.1, -0.05) is 0 Å². The summed E-state index contributed by atoms with van der Waals surface area (Å²) in [5, 5.41) is 17.9. The van der Waals surface area contributed by atoms with E-state index < -0.39 is 11.7 Å². The van der Waals surface area contributed by atoms with Crippen molar-refractivity contribution < 1.29 is 18.3 Å². The van der Waals surface area contributed by atoms with Crippen molar-refractivity contribution >= 4 is 5.69 Å². The zero-order chi connectivity index (χ0) is 14.8. The van der Waals surface area contributed by atoms with Crippen LogP contribution in [0.3, 0.4) is 0 Å². The van der Waals surface area contributed by atoms with E-state index in [0.29, 0.717) is 12.2 Å². The Labute approximate surface area is 115 Å². The number of hydrogen-bond donors (Lipinski definition) is 1. The normalized spacial score (nSPS) is 15.6. The molecule has 0 saturated heterocycles. The van der Waals surface area contributed by atoms with Gasteiger partial charge in [-0.3, -0.25) is 0 Å². The second kappa shape index (κ2) is 5.71. The van der Waals surface area contributed by atoms with E-state index in [9.17, 15) is 13.2 Å². The molecule has 6 heteroatoms. The molecule has 1 aromatic carbocycles. The molecule has 1 aromatic rings. The summed E-state index contributed by atoms with van der Waals surface area (Å²) < 4.78 is 38.8. The predicted octanol–water partition coefficient (Wildman–Crippen LogP) is 2.93. The van der Waals surface area contributed by atoms with Crippen molar-refractivity contribution in [2.75, 3.05) is 18.1 Å². The minimum Gasteiger partial charge on any atom is -0.395 e. The Balaban J connectivity index is 2.38. The molecule has 0 atom stereocenters. The molecule has 0 bridgehead atoms. The molecule has 0 amide bonds. The average Bonchev–Trinajstić information content (AvgIpc) is 2.34. The molecular weight excluding hydrogens is 269 g/mol. The van der Waals surface area contributed by atoms with Crippen LogP contribution in [0.1, 0.15) is 30.4 Å². The maximum Gasteiger partial charge on any atom is 0.417 e. The van der Waals surface area contributed by atoms with Gasteiger partial charge in [0.05, 0.1) is 23.8 Å². The highest BCUT2D eigenvalue weighted by atomic mass is 19.4. The highest BCUT2D eigenvalue weighted by molar-refractivity contribution is 5.55. The zero-order valence-electron chi connectivity index (χ0n) is 10.8. The number of nitrogens with zero attached hydrogens (tertiary/aromatic N) is 2. The van der Waals surface area contributed by atoms with Gasteiger partial charge in [-0.05, 0) is 37.5 Å². The lowest BCUT2D eigenvalue weighted by molar-refractivity contribution is -0.137. The summed E-state index contributed by atoms with van der Waals surface area (Å²) in [5.74, 6) is 0. The van der Waals surface area contributed by atoms with E-state index in [0.717, 1.165) is 25.3 Å². The van der Waals surface area contributed by atoms with E-state index in [1.165, 1.54) is 12.1 Å². The van der Waals surface area contributed by atoms with Gasteiger partial charge < -0.3 is 10.0 Å². The van der Waals surface area contributed by atoms with E-state index in [-0.39, 0.29) is 18.2 Å². The lowest BCUT2D eigenvalue weighted by atomic mass is 9.90. The summed E-state index contributed by atoms with van der Waals surface area (Å²) >= 11 is 0. The summed E-state index contributed by atoms with van der Waals surface area (Å²) in [6.07, 6.45) is -1.66. The predicted molar refractivity (Wildman–Crippen MR) is 68.2 cm³/mol. The minimum absolute atomic E-state index is 0.113. The minimum atomic E-state index is -4.55. The number of halogens is 3. The maximum absolute atomic E-state index is 12.9. The zero-order valence-corrected chi connectivity index (χ0v) is 10.8. The summed E-state index contributed by atoms with van der Waals surface area (Å²) in [6.45, 7) is 0.186. The number of hydrogen-bond acceptors (Lipinski definition) is 3. The van der Waals surface area contributed by atoms with Gasteiger partial charge in [0.25, 0.3) is 0 Å². The second-order valence-corrected chi connectivity index (χ2v) is 4.84. The number of rotatable bonds is 4. The van der Waals surface area contributed by atoms with Crippen LogP contribution in [-0.2, 0) is 6.18 Å². The Morgan fingerprint density at radius 1 is 1.35 bits per heavy atom. The summed E-state index contributed by atoms with van der Waals surface area (Å²) in [4.78, 5) is 1.79. The second-order valence-electron chi connectivity index (χ2n) is 4.84. The van der Waals surface area contributed by atoms with Crippen LogP contribution in [0.4, 0.5) is 18.9 Å². The van der Waals surface area contributed by atoms with Gasteiger partial charge >= 0.3 is 6.18 Å². The van der Waals surface area contributed by atoms with Crippen LogP contribution in [-0.4, -0.2) is 24.3 Å². The van der Waals surface area contributed by atoms with Crippen molar-refractivity contribution in [1.29, 1.82) is 5.26 Å². The van der Waals surface area contributed by atoms with Crippen molar-refractivity contribution in [1.82, 2.24) is 0 Å². The molecule has 1 aliphatic carbocycles. The molecule has 1 fully saturated rings. The lowest BCUT2D eigenvalue weighted by Crippen LogP contribution is -2.42. The number of aliphatic hydroxyl groups excluding tert-OH is 1. The first-order valence-electron chi connectivity index (χ1n) is 6.46. The van der Waals surface area contributed by atoms with Gasteiger partial charge in [0.15, 0.2) is 0 Å². The molecule has 0 aromatic heterocycles. The molecule has 1 saturated carbocycles. The third-order valence-corrected chi connectivity index (χ3v) is 3.62. The molecule has 2 rings (SSSR count). The van der Waals surface area contributed by atoms with Crippen LogP contribution in [0.25, 0.3) is 0 Å². The number of alkyl halides is 3. The third-order valence-electron chi connectivity index (χ3n) is 3.62. The molecule has 1 N–H and O–H groups in total. The van der Waals surface area contributed by atoms with Crippen LogP contribution in [0.15, 0.2) is 18.2 Å². The first kappa shape index (κ1) is 14.7. The van der Waals surface area contributed by atoms with Gasteiger partial charge in [-0.15, -0.1) is 0 Å². The summed E-state index contributed by atoms with van der Waals surface area (Å²) in [6, 6.07) is 5.46. The molecule has 0 unspecified atom stereocenters. The van der Waals surface area contributed by atoms with Crippen LogP contribution in [0, 0.1) is 11.3 Å². The van der Waals surface area contributed by atoms with E-state index in [4.69, 9.17) is 10.4 Å². The molecule has 1 aliphatic rings. The molecule has 0 spiro atoms. The SMILES string of the molecule is N#Cc1ccc(N(CCO)C2CCC2)cc1C(F)(F)F. The first-order chi connectivity index (χ1) is 9.47. The molecule has 0 aliphatic heterocycles. The monoisotopic (exact) mass is 284 g/mol. The van der Waals surface area contributed by atoms with Crippen molar-refractivity contribution in [3.05, 3.63) is 29.3 Å². The Kier molecular flexibility index (Phi) is 4.19. The standard InChI is InChI=1S/C14H15F3N2O/c15-14(16,17)13-8-12(5-4-10(13)9-18)19(6-7-20)11-2-1-3-11/h4-5,8,11,20H,1-3,6-7H2. The number of benzene rings is 1. The number of nitriles is 1. The Hall–Kier alpha value is -1.74. The quantitative estimate of drug-likeness (QED) is 0.924. The largest absolute Gasteiger partial charge is 0.417 e. The Bertz CT molecular complexity index is 518. The fraction of sp³-hybridized carbons (Fsp3) is 0.500. The van der Waals surface area contributed by atoms with Gasteiger partial charge in [0, 0.05) is 18.3 Å². The Morgan fingerprint density at radius 3 is 2.50 bits per heavy atom. The maximum atomic E-state index is 12.9. The fourth-order valence-corrected chi connectivity index (χ4v) is 2.37. The topological polar surface area (TPSA) is 47.3 Å². The smallest absolute Gasteiger partial charge is 0.395 e. The summed E-state index contributed by atoms with van der Waals surface area (Å²) in [7, 11) is 0. The van der Waals surface area contributed by atoms with Crippen LogP contribution >= 0.6 is 0 Å². The molecule has 108 valence electrons. The number of aliphatic hydroxyl groups is 1.